The number of alkyl halides is 3. The summed E-state index contributed by atoms with van der Waals surface area (Å²) in [6, 6.07) is 28.7. The molecule has 0 aliphatic rings. The molecular weight excluding hydrogens is 647 g/mol. The van der Waals surface area contributed by atoms with Crippen molar-refractivity contribution in [3.63, 3.8) is 0 Å². The molecule has 10 heteroatoms. The van der Waals surface area contributed by atoms with E-state index in [-0.39, 0.29) is 5.75 Å². The number of halogens is 4. The Balaban J connectivity index is 1.48. The van der Waals surface area contributed by atoms with Gasteiger partial charge in [-0.15, -0.1) is 24.5 Å². The van der Waals surface area contributed by atoms with Crippen molar-refractivity contribution in [3.8, 4) is 39.2 Å². The minimum atomic E-state index is -4.75. The molecule has 0 amide bonds. The highest BCUT2D eigenvalue weighted by molar-refractivity contribution is 14.2. The highest BCUT2D eigenvalue weighted by atomic mass is 127. The number of hydrogen-bond donors (Lipinski definition) is 0. The van der Waals surface area contributed by atoms with E-state index in [0.717, 1.165) is 26.3 Å². The fourth-order valence-electron chi connectivity index (χ4n) is 3.72. The van der Waals surface area contributed by atoms with E-state index >= 15 is 0 Å². The van der Waals surface area contributed by atoms with Crippen LogP contribution in [0, 0.1) is 0 Å². The summed E-state index contributed by atoms with van der Waals surface area (Å²) in [5.74, 6) is 2.37. The summed E-state index contributed by atoms with van der Waals surface area (Å²) in [5, 5.41) is 0.863. The second-order valence-corrected chi connectivity index (χ2v) is 10.7. The van der Waals surface area contributed by atoms with Gasteiger partial charge in [-0.05, 0) is 99.9 Å². The number of rotatable bonds is 9. The predicted molar refractivity (Wildman–Crippen MR) is 154 cm³/mol. The Labute approximate surface area is 235 Å². The molecular formula is C28H19F3IO4PS. The molecule has 194 valence electrons. The van der Waals surface area contributed by atoms with Crippen molar-refractivity contribution in [2.45, 2.75) is 13.0 Å². The zero-order valence-corrected chi connectivity index (χ0v) is 23.5. The van der Waals surface area contributed by atoms with E-state index < -0.39 is 6.36 Å². The Morgan fingerprint density at radius 1 is 0.763 bits per heavy atom. The van der Waals surface area contributed by atoms with Gasteiger partial charge in [0, 0.05) is 10.1 Å². The van der Waals surface area contributed by atoms with Gasteiger partial charge in [0.1, 0.15) is 36.1 Å². The van der Waals surface area contributed by atoms with E-state index in [1.165, 1.54) is 23.5 Å². The van der Waals surface area contributed by atoms with Crippen LogP contribution in [0.25, 0.3) is 20.5 Å². The fourth-order valence-corrected chi connectivity index (χ4v) is 5.87. The average molecular weight is 666 g/mol. The summed E-state index contributed by atoms with van der Waals surface area (Å²) >= 11 is 3.62. The van der Waals surface area contributed by atoms with E-state index in [1.807, 2.05) is 72.8 Å². The molecule has 1 heterocycles. The number of ether oxygens (including phenoxy) is 3. The normalized spacial score (nSPS) is 11.7. The Morgan fingerprint density at radius 3 is 2.11 bits per heavy atom. The van der Waals surface area contributed by atoms with Crippen LogP contribution < -0.4 is 18.7 Å². The molecule has 38 heavy (non-hydrogen) atoms. The van der Waals surface area contributed by atoms with Gasteiger partial charge in [-0.25, -0.2) is 0 Å². The van der Waals surface area contributed by atoms with Crippen LogP contribution >= 0.6 is 39.8 Å². The van der Waals surface area contributed by atoms with E-state index in [0.29, 0.717) is 35.9 Å². The molecule has 1 unspecified atom stereocenters. The molecule has 0 saturated heterocycles. The van der Waals surface area contributed by atoms with Crippen molar-refractivity contribution in [1.82, 2.24) is 0 Å². The third kappa shape index (κ3) is 6.70. The molecule has 4 nitrogen and oxygen atoms in total. The molecule has 5 aromatic rings. The summed E-state index contributed by atoms with van der Waals surface area (Å²) in [5.41, 5.74) is 1.76. The van der Waals surface area contributed by atoms with E-state index in [1.54, 1.807) is 12.1 Å². The second-order valence-electron chi connectivity index (χ2n) is 8.02. The maximum atomic E-state index is 12.6. The van der Waals surface area contributed by atoms with Crippen molar-refractivity contribution >= 4 is 49.9 Å². The largest absolute Gasteiger partial charge is 0.573 e. The lowest BCUT2D eigenvalue weighted by Gasteiger charge is -2.11. The Hall–Kier alpha value is -3.01. The molecule has 0 aliphatic heterocycles. The number of thiophene rings is 1. The lowest BCUT2D eigenvalue weighted by molar-refractivity contribution is -0.274. The average Bonchev–Trinajstić information content (AvgIpc) is 3.26. The number of hydrogen-bond acceptors (Lipinski definition) is 5. The zero-order valence-electron chi connectivity index (χ0n) is 19.5. The monoisotopic (exact) mass is 666 g/mol. The topological polar surface area (TPSA) is 36.9 Å². The molecule has 0 saturated carbocycles. The van der Waals surface area contributed by atoms with Crippen molar-refractivity contribution in [2.24, 2.45) is 0 Å². The molecule has 0 N–H and O–H groups in total. The first-order valence-electron chi connectivity index (χ1n) is 11.3. The van der Waals surface area contributed by atoms with Gasteiger partial charge in [0.05, 0.1) is 4.88 Å². The molecule has 0 bridgehead atoms. The van der Waals surface area contributed by atoms with Gasteiger partial charge >= 0.3 is 6.36 Å². The SMILES string of the molecule is FC(F)(F)Oc1ccc(-c2sc3cc(OCc4ccccc4)ccc3c2Oc2ccc(OPI)cc2)cc1. The van der Waals surface area contributed by atoms with Crippen LogP contribution in [0.1, 0.15) is 5.56 Å². The summed E-state index contributed by atoms with van der Waals surface area (Å²) in [4.78, 5) is 0.771. The zero-order chi connectivity index (χ0) is 26.5. The molecule has 0 fully saturated rings. The molecule has 0 spiro atoms. The van der Waals surface area contributed by atoms with Crippen molar-refractivity contribution in [3.05, 3.63) is 103 Å². The standard InChI is InChI=1S/C28H19F3IO4PS/c29-28(30,31)35-21-8-6-19(7-9-21)27-26(34-20-10-12-22(13-11-20)36-37-32)24-15-14-23(16-25(24)38-27)33-17-18-4-2-1-3-5-18/h1-16,37H,17H2. The summed E-state index contributed by atoms with van der Waals surface area (Å²) in [6.07, 6.45) is -4.75. The van der Waals surface area contributed by atoms with Crippen LogP contribution in [0.15, 0.2) is 97.1 Å². The molecule has 1 atom stereocenters. The summed E-state index contributed by atoms with van der Waals surface area (Å²) in [7, 11) is 0. The van der Waals surface area contributed by atoms with Gasteiger partial charge in [0.2, 0.25) is 0 Å². The molecule has 5 rings (SSSR count). The Bertz CT molecular complexity index is 1510. The van der Waals surface area contributed by atoms with Crippen molar-refractivity contribution in [1.29, 1.82) is 0 Å². The highest BCUT2D eigenvalue weighted by Gasteiger charge is 2.31. The highest BCUT2D eigenvalue weighted by Crippen LogP contribution is 2.47. The van der Waals surface area contributed by atoms with Gasteiger partial charge in [-0.2, -0.15) is 0 Å². The predicted octanol–water partition coefficient (Wildman–Crippen LogP) is 10.2. The summed E-state index contributed by atoms with van der Waals surface area (Å²) in [6.45, 7) is 0.730. The molecule has 1 aromatic heterocycles. The molecule has 0 radical (unpaired) electrons. The molecule has 4 aromatic carbocycles. The summed E-state index contributed by atoms with van der Waals surface area (Å²) < 4.78 is 60.7. The van der Waals surface area contributed by atoms with Gasteiger partial charge in [0.25, 0.3) is 0 Å². The molecule has 0 aliphatic carbocycles. The first kappa shape index (κ1) is 26.6. The second kappa shape index (κ2) is 11.8. The first-order chi connectivity index (χ1) is 18.4. The van der Waals surface area contributed by atoms with Gasteiger partial charge in [0.15, 0.2) is 5.75 Å². The third-order valence-corrected chi connectivity index (χ3v) is 7.57. The lowest BCUT2D eigenvalue weighted by atomic mass is 10.1. The van der Waals surface area contributed by atoms with Crippen molar-refractivity contribution < 1.29 is 31.9 Å². The van der Waals surface area contributed by atoms with E-state index in [4.69, 9.17) is 14.0 Å². The van der Waals surface area contributed by atoms with E-state index in [2.05, 4.69) is 26.8 Å². The Kier molecular flexibility index (Phi) is 8.26. The quantitative estimate of drug-likeness (QED) is 0.116. The van der Waals surface area contributed by atoms with Crippen molar-refractivity contribution in [2.75, 3.05) is 0 Å². The van der Waals surface area contributed by atoms with Gasteiger partial charge in [-0.3, -0.25) is 0 Å². The van der Waals surface area contributed by atoms with Crippen LogP contribution in [0.4, 0.5) is 13.2 Å². The minimum absolute atomic E-state index is 0.284. The van der Waals surface area contributed by atoms with Gasteiger partial charge < -0.3 is 18.7 Å². The minimum Gasteiger partial charge on any atom is -0.489 e. The third-order valence-electron chi connectivity index (χ3n) is 5.41. The first-order valence-corrected chi connectivity index (χ1v) is 16.1. The van der Waals surface area contributed by atoms with Crippen LogP contribution in [0.5, 0.6) is 28.7 Å². The fraction of sp³-hybridized carbons (Fsp3) is 0.0714. The van der Waals surface area contributed by atoms with E-state index in [9.17, 15) is 13.2 Å². The lowest BCUT2D eigenvalue weighted by Crippen LogP contribution is -2.16. The number of fused-ring (bicyclic) bond motifs is 1. The smallest absolute Gasteiger partial charge is 0.489 e. The number of benzene rings is 4. The van der Waals surface area contributed by atoms with Crippen LogP contribution in [-0.2, 0) is 6.61 Å². The van der Waals surface area contributed by atoms with Crippen LogP contribution in [0.3, 0.4) is 0 Å². The van der Waals surface area contributed by atoms with Gasteiger partial charge in [-0.1, -0.05) is 30.3 Å². The Morgan fingerprint density at radius 2 is 1.42 bits per heavy atom. The van der Waals surface area contributed by atoms with Crippen LogP contribution in [-0.4, -0.2) is 6.36 Å². The van der Waals surface area contributed by atoms with Crippen LogP contribution in [0.2, 0.25) is 0 Å². The maximum absolute atomic E-state index is 12.6. The maximum Gasteiger partial charge on any atom is 0.573 e.